The summed E-state index contributed by atoms with van der Waals surface area (Å²) in [5, 5.41) is 6.09. The van der Waals surface area contributed by atoms with Crippen molar-refractivity contribution in [2.45, 2.75) is 11.7 Å². The normalized spacial score (nSPS) is 11.0. The minimum atomic E-state index is -0.334. The zero-order chi connectivity index (χ0) is 21.1. The minimum Gasteiger partial charge on any atom is -0.351 e. The molecular weight excluding hydrogens is 440 g/mol. The number of nitrogen functional groups attached to an aromatic ring is 1. The molecule has 0 bridgehead atoms. The lowest BCUT2D eigenvalue weighted by atomic mass is 10.1. The fourth-order valence-electron chi connectivity index (χ4n) is 2.93. The van der Waals surface area contributed by atoms with Crippen molar-refractivity contribution < 1.29 is 4.79 Å². The van der Waals surface area contributed by atoms with Gasteiger partial charge in [-0.25, -0.2) is 9.66 Å². The lowest BCUT2D eigenvalue weighted by molar-refractivity contribution is -0.118. The Hall–Kier alpha value is -2.81. The standard InChI is InChI=1S/C21H17ClN4O2S2/c22-16-9-5-4-8-14(16)10-24-17(27)12-30-21-25-19-18(20(28)26(21)23)15(11-29-19)13-6-2-1-3-7-13/h1-9,11H,10,12,23H2,(H,24,27). The zero-order valence-corrected chi connectivity index (χ0v) is 18.1. The molecule has 4 rings (SSSR count). The first-order chi connectivity index (χ1) is 14.5. The number of fused-ring (bicyclic) bond motifs is 1. The smallest absolute Gasteiger partial charge is 0.282 e. The summed E-state index contributed by atoms with van der Waals surface area (Å²) in [5.74, 6) is 5.88. The number of nitrogens with two attached hydrogens (primary N) is 1. The molecular formula is C21H17ClN4O2S2. The largest absolute Gasteiger partial charge is 0.351 e. The number of nitrogens with one attached hydrogen (secondary N) is 1. The molecule has 3 N–H and O–H groups in total. The van der Waals surface area contributed by atoms with Crippen molar-refractivity contribution in [2.24, 2.45) is 0 Å². The topological polar surface area (TPSA) is 90.0 Å². The van der Waals surface area contributed by atoms with Crippen molar-refractivity contribution in [3.8, 4) is 11.1 Å². The SMILES string of the molecule is Nn1c(SCC(=O)NCc2ccccc2Cl)nc2scc(-c3ccccc3)c2c1=O. The van der Waals surface area contributed by atoms with Gasteiger partial charge >= 0.3 is 0 Å². The van der Waals surface area contributed by atoms with E-state index in [2.05, 4.69) is 10.3 Å². The highest BCUT2D eigenvalue weighted by molar-refractivity contribution is 7.99. The molecule has 0 spiro atoms. The summed E-state index contributed by atoms with van der Waals surface area (Å²) in [7, 11) is 0. The third-order valence-electron chi connectivity index (χ3n) is 4.46. The van der Waals surface area contributed by atoms with E-state index >= 15 is 0 Å². The highest BCUT2D eigenvalue weighted by Gasteiger charge is 2.17. The van der Waals surface area contributed by atoms with Gasteiger partial charge in [0.1, 0.15) is 4.83 Å². The Morgan fingerprint density at radius 3 is 2.67 bits per heavy atom. The van der Waals surface area contributed by atoms with E-state index in [1.165, 1.54) is 11.3 Å². The van der Waals surface area contributed by atoms with Gasteiger partial charge in [-0.3, -0.25) is 9.59 Å². The predicted octanol–water partition coefficient (Wildman–Crippen LogP) is 3.90. The molecule has 6 nitrogen and oxygen atoms in total. The molecule has 9 heteroatoms. The summed E-state index contributed by atoms with van der Waals surface area (Å²) < 4.78 is 1.01. The summed E-state index contributed by atoms with van der Waals surface area (Å²) in [5.41, 5.74) is 2.24. The first-order valence-corrected chi connectivity index (χ1v) is 11.3. The average Bonchev–Trinajstić information content (AvgIpc) is 3.19. The number of hydrogen-bond acceptors (Lipinski definition) is 6. The van der Waals surface area contributed by atoms with Crippen LogP contribution in [0.1, 0.15) is 5.56 Å². The predicted molar refractivity (Wildman–Crippen MR) is 123 cm³/mol. The molecule has 0 radical (unpaired) electrons. The van der Waals surface area contributed by atoms with Gasteiger partial charge in [-0.05, 0) is 17.2 Å². The highest BCUT2D eigenvalue weighted by atomic mass is 35.5. The third-order valence-corrected chi connectivity index (χ3v) is 6.65. The van der Waals surface area contributed by atoms with E-state index in [9.17, 15) is 9.59 Å². The molecule has 0 aliphatic rings. The number of thiophene rings is 1. The Bertz CT molecular complexity index is 1270. The van der Waals surface area contributed by atoms with E-state index in [-0.39, 0.29) is 17.2 Å². The van der Waals surface area contributed by atoms with Crippen LogP contribution in [0.15, 0.2) is 69.9 Å². The number of carbonyl (C=O) groups excluding carboxylic acids is 1. The van der Waals surface area contributed by atoms with Gasteiger partial charge < -0.3 is 11.2 Å². The lowest BCUT2D eigenvalue weighted by Gasteiger charge is -2.09. The van der Waals surface area contributed by atoms with Crippen LogP contribution in [0, 0.1) is 0 Å². The van der Waals surface area contributed by atoms with Crippen molar-refractivity contribution in [1.82, 2.24) is 15.0 Å². The molecule has 1 amide bonds. The number of rotatable bonds is 6. The Morgan fingerprint density at radius 1 is 1.17 bits per heavy atom. The molecule has 4 aromatic rings. The summed E-state index contributed by atoms with van der Waals surface area (Å²) >= 11 is 8.60. The van der Waals surface area contributed by atoms with Gasteiger partial charge in [-0.15, -0.1) is 11.3 Å². The molecule has 0 atom stereocenters. The molecule has 0 saturated carbocycles. The van der Waals surface area contributed by atoms with Crippen LogP contribution < -0.4 is 16.7 Å². The Kier molecular flexibility index (Phi) is 6.08. The number of benzene rings is 2. The minimum absolute atomic E-state index is 0.0799. The maximum atomic E-state index is 12.9. The second-order valence-corrected chi connectivity index (χ2v) is 8.63. The van der Waals surface area contributed by atoms with Gasteiger partial charge in [0.25, 0.3) is 5.56 Å². The number of aromatic nitrogens is 2. The second-order valence-electron chi connectivity index (χ2n) is 6.42. The Balaban J connectivity index is 1.50. The van der Waals surface area contributed by atoms with Crippen LogP contribution in [0.5, 0.6) is 0 Å². The zero-order valence-electron chi connectivity index (χ0n) is 15.7. The lowest BCUT2D eigenvalue weighted by Crippen LogP contribution is -2.30. The molecule has 152 valence electrons. The van der Waals surface area contributed by atoms with Gasteiger partial charge in [0, 0.05) is 22.5 Å². The fourth-order valence-corrected chi connectivity index (χ4v) is 4.87. The molecule has 0 aliphatic heterocycles. The quantitative estimate of drug-likeness (QED) is 0.261. The van der Waals surface area contributed by atoms with Crippen molar-refractivity contribution >= 4 is 50.8 Å². The average molecular weight is 457 g/mol. The van der Waals surface area contributed by atoms with Crippen molar-refractivity contribution in [1.29, 1.82) is 0 Å². The summed E-state index contributed by atoms with van der Waals surface area (Å²) in [4.78, 5) is 30.2. The van der Waals surface area contributed by atoms with Crippen LogP contribution in [0.3, 0.4) is 0 Å². The third kappa shape index (κ3) is 4.21. The molecule has 0 fully saturated rings. The summed E-state index contributed by atoms with van der Waals surface area (Å²) in [6.07, 6.45) is 0. The number of hydrogen-bond donors (Lipinski definition) is 2. The second kappa shape index (κ2) is 8.91. The van der Waals surface area contributed by atoms with E-state index in [1.807, 2.05) is 53.9 Å². The summed E-state index contributed by atoms with van der Waals surface area (Å²) in [6, 6.07) is 16.9. The monoisotopic (exact) mass is 456 g/mol. The van der Waals surface area contributed by atoms with Crippen LogP contribution in [-0.4, -0.2) is 21.3 Å². The van der Waals surface area contributed by atoms with Gasteiger partial charge in [-0.2, -0.15) is 0 Å². The van der Waals surface area contributed by atoms with Crippen LogP contribution in [0.4, 0.5) is 0 Å². The number of nitrogens with zero attached hydrogens (tertiary/aromatic N) is 2. The van der Waals surface area contributed by atoms with Gasteiger partial charge in [0.05, 0.1) is 11.1 Å². The number of thioether (sulfide) groups is 1. The van der Waals surface area contributed by atoms with Crippen molar-refractivity contribution in [3.63, 3.8) is 0 Å². The van der Waals surface area contributed by atoms with Crippen molar-refractivity contribution in [2.75, 3.05) is 11.6 Å². The maximum Gasteiger partial charge on any atom is 0.282 e. The molecule has 0 saturated heterocycles. The van der Waals surface area contributed by atoms with Crippen LogP contribution in [0.25, 0.3) is 21.3 Å². The molecule has 0 aliphatic carbocycles. The van der Waals surface area contributed by atoms with Crippen molar-refractivity contribution in [3.05, 3.63) is 80.9 Å². The van der Waals surface area contributed by atoms with Crippen LogP contribution in [-0.2, 0) is 11.3 Å². The van der Waals surface area contributed by atoms with E-state index in [1.54, 1.807) is 6.07 Å². The van der Waals surface area contributed by atoms with E-state index in [0.29, 0.717) is 26.9 Å². The highest BCUT2D eigenvalue weighted by Crippen LogP contribution is 2.31. The van der Waals surface area contributed by atoms with Gasteiger partial charge in [0.2, 0.25) is 5.91 Å². The molecule has 2 heterocycles. The van der Waals surface area contributed by atoms with Gasteiger partial charge in [0.15, 0.2) is 5.16 Å². The number of halogens is 1. The first kappa shape index (κ1) is 20.5. The fraction of sp³-hybridized carbons (Fsp3) is 0.0952. The van der Waals surface area contributed by atoms with E-state index < -0.39 is 0 Å². The summed E-state index contributed by atoms with van der Waals surface area (Å²) in [6.45, 7) is 0.326. The molecule has 2 aromatic carbocycles. The van der Waals surface area contributed by atoms with Crippen LogP contribution in [0.2, 0.25) is 5.02 Å². The van der Waals surface area contributed by atoms with E-state index in [0.717, 1.165) is 33.1 Å². The molecule has 0 unspecified atom stereocenters. The van der Waals surface area contributed by atoms with Gasteiger partial charge in [-0.1, -0.05) is 71.9 Å². The van der Waals surface area contributed by atoms with E-state index in [4.69, 9.17) is 17.4 Å². The Morgan fingerprint density at radius 2 is 1.90 bits per heavy atom. The molecule has 30 heavy (non-hydrogen) atoms. The molecule has 2 aromatic heterocycles. The Labute approximate surface area is 185 Å². The first-order valence-electron chi connectivity index (χ1n) is 9.02. The number of carbonyl (C=O) groups is 1. The maximum absolute atomic E-state index is 12.9. The number of amides is 1. The van der Waals surface area contributed by atoms with Crippen LogP contribution >= 0.6 is 34.7 Å².